The topological polar surface area (TPSA) is 69.6 Å². The van der Waals surface area contributed by atoms with Gasteiger partial charge in [0.15, 0.2) is 0 Å². The van der Waals surface area contributed by atoms with Crippen LogP contribution in [-0.2, 0) is 9.59 Å². The molecule has 5 nitrogen and oxygen atoms in total. The second-order valence-corrected chi connectivity index (χ2v) is 5.28. The van der Waals surface area contributed by atoms with E-state index >= 15 is 0 Å². The van der Waals surface area contributed by atoms with Gasteiger partial charge >= 0.3 is 5.97 Å². The van der Waals surface area contributed by atoms with Gasteiger partial charge < -0.3 is 15.3 Å². The fourth-order valence-electron chi connectivity index (χ4n) is 2.70. The van der Waals surface area contributed by atoms with Crippen molar-refractivity contribution < 1.29 is 14.7 Å². The molecule has 0 spiro atoms. The maximum atomic E-state index is 11.1. The molecule has 1 unspecified atom stereocenters. The van der Waals surface area contributed by atoms with Crippen molar-refractivity contribution in [2.75, 3.05) is 19.6 Å². The molecule has 0 radical (unpaired) electrons. The van der Waals surface area contributed by atoms with Crippen LogP contribution in [0.4, 0.5) is 0 Å². The maximum Gasteiger partial charge on any atom is 0.327 e. The average Bonchev–Trinajstić information content (AvgIpc) is 2.72. The smallest absolute Gasteiger partial charge is 0.327 e. The van der Waals surface area contributed by atoms with Gasteiger partial charge in [-0.2, -0.15) is 0 Å². The van der Waals surface area contributed by atoms with Crippen LogP contribution < -0.4 is 5.32 Å². The molecule has 0 saturated carbocycles. The molecule has 1 saturated heterocycles. The summed E-state index contributed by atoms with van der Waals surface area (Å²) in [6, 6.07) is -0.799. The van der Waals surface area contributed by atoms with E-state index < -0.39 is 12.0 Å². The zero-order valence-corrected chi connectivity index (χ0v) is 11.5. The number of nitrogens with zero attached hydrogens (tertiary/aromatic N) is 1. The fraction of sp³-hybridized carbons (Fsp3) is 0.846. The Hall–Kier alpha value is -1.10. The lowest BCUT2D eigenvalue weighted by molar-refractivity contribution is -0.142. The standard InChI is InChI=1S/C13H24N2O3/c1-4-13(5-2)6-7-15(9-13)8-11(12(17)18)14-10(3)16/h11H,4-9H2,1-3H3,(H,14,16)(H,17,18). The number of carboxylic acids is 1. The monoisotopic (exact) mass is 256 g/mol. The summed E-state index contributed by atoms with van der Waals surface area (Å²) in [6.45, 7) is 7.98. The Kier molecular flexibility index (Phi) is 5.14. The van der Waals surface area contributed by atoms with E-state index in [9.17, 15) is 9.59 Å². The van der Waals surface area contributed by atoms with E-state index in [1.807, 2.05) is 0 Å². The Bertz CT molecular complexity index is 313. The summed E-state index contributed by atoms with van der Waals surface area (Å²) in [5.41, 5.74) is 0.333. The number of amides is 1. The predicted octanol–water partition coefficient (Wildman–Crippen LogP) is 1.09. The van der Waals surface area contributed by atoms with Crippen molar-refractivity contribution >= 4 is 11.9 Å². The molecule has 0 aromatic heterocycles. The molecule has 2 N–H and O–H groups in total. The van der Waals surface area contributed by atoms with Gasteiger partial charge in [-0.1, -0.05) is 13.8 Å². The summed E-state index contributed by atoms with van der Waals surface area (Å²) in [5, 5.41) is 11.6. The molecule has 0 bridgehead atoms. The first kappa shape index (κ1) is 15.0. The minimum absolute atomic E-state index is 0.293. The van der Waals surface area contributed by atoms with Crippen molar-refractivity contribution in [2.45, 2.75) is 46.1 Å². The number of carbonyl (C=O) groups excluding carboxylic acids is 1. The van der Waals surface area contributed by atoms with Crippen molar-refractivity contribution in [1.29, 1.82) is 0 Å². The van der Waals surface area contributed by atoms with E-state index in [1.54, 1.807) is 0 Å². The van der Waals surface area contributed by atoms with Crippen LogP contribution in [-0.4, -0.2) is 47.6 Å². The SMILES string of the molecule is CCC1(CC)CCN(CC(NC(C)=O)C(=O)O)C1. The minimum Gasteiger partial charge on any atom is -0.480 e. The largest absolute Gasteiger partial charge is 0.480 e. The van der Waals surface area contributed by atoms with Crippen molar-refractivity contribution in [1.82, 2.24) is 10.2 Å². The van der Waals surface area contributed by atoms with E-state index in [1.165, 1.54) is 6.92 Å². The lowest BCUT2D eigenvalue weighted by Gasteiger charge is -2.27. The lowest BCUT2D eigenvalue weighted by Crippen LogP contribution is -2.47. The van der Waals surface area contributed by atoms with E-state index in [4.69, 9.17) is 5.11 Å². The van der Waals surface area contributed by atoms with Crippen LogP contribution in [0.5, 0.6) is 0 Å². The second-order valence-electron chi connectivity index (χ2n) is 5.28. The Morgan fingerprint density at radius 3 is 2.39 bits per heavy atom. The molecular formula is C13H24N2O3. The molecule has 1 atom stereocenters. The average molecular weight is 256 g/mol. The summed E-state index contributed by atoms with van der Waals surface area (Å²) in [5.74, 6) is -1.26. The van der Waals surface area contributed by atoms with Gasteiger partial charge in [0.25, 0.3) is 0 Å². The molecule has 1 heterocycles. The number of nitrogens with one attached hydrogen (secondary N) is 1. The number of rotatable bonds is 6. The second kappa shape index (κ2) is 6.18. The third-order valence-electron chi connectivity index (χ3n) is 4.13. The molecule has 1 aliphatic rings. The van der Waals surface area contributed by atoms with Gasteiger partial charge in [0, 0.05) is 20.0 Å². The molecule has 1 fully saturated rings. The van der Waals surface area contributed by atoms with Crippen molar-refractivity contribution in [3.8, 4) is 0 Å². The number of aliphatic carboxylic acids is 1. The summed E-state index contributed by atoms with van der Waals surface area (Å²) < 4.78 is 0. The van der Waals surface area contributed by atoms with Gasteiger partial charge in [0.1, 0.15) is 6.04 Å². The molecule has 1 amide bonds. The van der Waals surface area contributed by atoms with Crippen molar-refractivity contribution in [3.05, 3.63) is 0 Å². The van der Waals surface area contributed by atoms with Crippen LogP contribution in [0.1, 0.15) is 40.0 Å². The van der Waals surface area contributed by atoms with Gasteiger partial charge in [-0.3, -0.25) is 4.79 Å². The predicted molar refractivity (Wildman–Crippen MR) is 69.3 cm³/mol. The first-order chi connectivity index (χ1) is 8.42. The van der Waals surface area contributed by atoms with Gasteiger partial charge in [-0.15, -0.1) is 0 Å². The molecule has 0 aromatic carbocycles. The molecular weight excluding hydrogens is 232 g/mol. The lowest BCUT2D eigenvalue weighted by atomic mass is 9.82. The van der Waals surface area contributed by atoms with Crippen molar-refractivity contribution in [3.63, 3.8) is 0 Å². The van der Waals surface area contributed by atoms with E-state index in [0.29, 0.717) is 12.0 Å². The molecule has 1 rings (SSSR count). The third kappa shape index (κ3) is 3.70. The van der Waals surface area contributed by atoms with Crippen LogP contribution in [0.3, 0.4) is 0 Å². The van der Waals surface area contributed by atoms with Crippen LogP contribution in [0.15, 0.2) is 0 Å². The maximum absolute atomic E-state index is 11.1. The highest BCUT2D eigenvalue weighted by molar-refractivity contribution is 5.82. The Morgan fingerprint density at radius 2 is 2.00 bits per heavy atom. The molecule has 18 heavy (non-hydrogen) atoms. The minimum atomic E-state index is -0.962. The molecule has 104 valence electrons. The molecule has 1 aliphatic heterocycles. The van der Waals surface area contributed by atoms with E-state index in [-0.39, 0.29) is 5.91 Å². The Labute approximate surface area is 109 Å². The van der Waals surface area contributed by atoms with Gasteiger partial charge in [0.05, 0.1) is 0 Å². The zero-order chi connectivity index (χ0) is 13.8. The fourth-order valence-corrected chi connectivity index (χ4v) is 2.70. The number of hydrogen-bond donors (Lipinski definition) is 2. The van der Waals surface area contributed by atoms with Crippen LogP contribution in [0, 0.1) is 5.41 Å². The number of carbonyl (C=O) groups is 2. The van der Waals surface area contributed by atoms with Crippen LogP contribution >= 0.6 is 0 Å². The highest BCUT2D eigenvalue weighted by atomic mass is 16.4. The van der Waals surface area contributed by atoms with Crippen LogP contribution in [0.25, 0.3) is 0 Å². The summed E-state index contributed by atoms with van der Waals surface area (Å²) in [4.78, 5) is 24.2. The summed E-state index contributed by atoms with van der Waals surface area (Å²) in [7, 11) is 0. The highest BCUT2D eigenvalue weighted by Gasteiger charge is 2.36. The Balaban J connectivity index is 2.56. The highest BCUT2D eigenvalue weighted by Crippen LogP contribution is 2.36. The molecule has 0 aliphatic carbocycles. The first-order valence-electron chi connectivity index (χ1n) is 6.64. The van der Waals surface area contributed by atoms with Crippen molar-refractivity contribution in [2.24, 2.45) is 5.41 Å². The molecule has 5 heteroatoms. The van der Waals surface area contributed by atoms with E-state index in [0.717, 1.165) is 32.4 Å². The number of hydrogen-bond acceptors (Lipinski definition) is 3. The quantitative estimate of drug-likeness (QED) is 0.746. The number of carboxylic acid groups (broad SMARTS) is 1. The van der Waals surface area contributed by atoms with Gasteiger partial charge in [-0.25, -0.2) is 4.79 Å². The van der Waals surface area contributed by atoms with Gasteiger partial charge in [-0.05, 0) is 31.2 Å². The molecule has 0 aromatic rings. The summed E-state index contributed by atoms with van der Waals surface area (Å²) in [6.07, 6.45) is 3.36. The Morgan fingerprint density at radius 1 is 1.39 bits per heavy atom. The van der Waals surface area contributed by atoms with Crippen LogP contribution in [0.2, 0.25) is 0 Å². The zero-order valence-electron chi connectivity index (χ0n) is 11.5. The van der Waals surface area contributed by atoms with E-state index in [2.05, 4.69) is 24.1 Å². The normalized spacial score (nSPS) is 20.6. The third-order valence-corrected chi connectivity index (χ3v) is 4.13. The van der Waals surface area contributed by atoms with Gasteiger partial charge in [0.2, 0.25) is 5.91 Å². The number of likely N-dealkylation sites (tertiary alicyclic amines) is 1. The first-order valence-corrected chi connectivity index (χ1v) is 6.64. The summed E-state index contributed by atoms with van der Waals surface area (Å²) >= 11 is 0.